The lowest BCUT2D eigenvalue weighted by Gasteiger charge is -2.24. The zero-order valence-electron chi connectivity index (χ0n) is 14.4. The maximum atomic E-state index is 12.9. The van der Waals surface area contributed by atoms with E-state index in [0.717, 1.165) is 11.5 Å². The predicted molar refractivity (Wildman–Crippen MR) is 89.6 cm³/mol. The van der Waals surface area contributed by atoms with Crippen molar-refractivity contribution in [3.63, 3.8) is 0 Å². The van der Waals surface area contributed by atoms with E-state index in [2.05, 4.69) is 15.1 Å². The molecule has 1 N–H and O–H groups in total. The second-order valence-corrected chi connectivity index (χ2v) is 6.64. The number of aromatic nitrogens is 4. The Morgan fingerprint density at radius 3 is 2.92 bits per heavy atom. The van der Waals surface area contributed by atoms with Gasteiger partial charge in [-0.25, -0.2) is 14.5 Å². The molecule has 8 nitrogen and oxygen atoms in total. The van der Waals surface area contributed by atoms with Crippen LogP contribution in [0.15, 0.2) is 21.5 Å². The van der Waals surface area contributed by atoms with E-state index in [0.29, 0.717) is 42.3 Å². The van der Waals surface area contributed by atoms with Crippen molar-refractivity contribution in [3.8, 4) is 0 Å². The smallest absolute Gasteiger partial charge is 0.272 e. The van der Waals surface area contributed by atoms with Gasteiger partial charge in [0.2, 0.25) is 0 Å². The van der Waals surface area contributed by atoms with Crippen LogP contribution in [0.5, 0.6) is 0 Å². The van der Waals surface area contributed by atoms with Crippen LogP contribution in [0.4, 0.5) is 0 Å². The summed E-state index contributed by atoms with van der Waals surface area (Å²) in [5.41, 5.74) is 1.89. The molecule has 1 amide bonds. The van der Waals surface area contributed by atoms with Gasteiger partial charge in [-0.3, -0.25) is 14.7 Å². The molecule has 0 atom stereocenters. The number of fused-ring (bicyclic) bond motifs is 2. The standard InChI is InChI=1S/C17H19N5O3/c1-9(2)16-20-12-8-21(5-4-13(12)25-16)17(24)11-7-18-22-14(23)6-10(3)19-15(11)22/h6-7,9,18H,4-5,8H2,1-3H3. The molecule has 0 saturated carbocycles. The van der Waals surface area contributed by atoms with Gasteiger partial charge < -0.3 is 9.32 Å². The number of hydrogen-bond donors (Lipinski definition) is 1. The summed E-state index contributed by atoms with van der Waals surface area (Å²) in [5, 5.41) is 2.80. The highest BCUT2D eigenvalue weighted by atomic mass is 16.4. The molecule has 3 aromatic rings. The Hall–Kier alpha value is -2.90. The molecule has 0 aromatic carbocycles. The molecule has 130 valence electrons. The van der Waals surface area contributed by atoms with Crippen LogP contribution in [-0.2, 0) is 13.0 Å². The zero-order chi connectivity index (χ0) is 17.7. The predicted octanol–water partition coefficient (Wildman–Crippen LogP) is 1.64. The molecule has 1 aliphatic heterocycles. The van der Waals surface area contributed by atoms with Crippen LogP contribution in [0, 0.1) is 6.92 Å². The number of H-pyrrole nitrogens is 1. The fourth-order valence-electron chi connectivity index (χ4n) is 3.06. The molecule has 3 aromatic heterocycles. The van der Waals surface area contributed by atoms with E-state index in [1.165, 1.54) is 16.8 Å². The van der Waals surface area contributed by atoms with Crippen molar-refractivity contribution in [2.24, 2.45) is 0 Å². The first-order valence-corrected chi connectivity index (χ1v) is 8.29. The Kier molecular flexibility index (Phi) is 3.48. The average Bonchev–Trinajstić information content (AvgIpc) is 3.17. The first kappa shape index (κ1) is 15.6. The van der Waals surface area contributed by atoms with Gasteiger partial charge in [0.05, 0.1) is 6.54 Å². The van der Waals surface area contributed by atoms with Gasteiger partial charge in [-0.1, -0.05) is 13.8 Å². The van der Waals surface area contributed by atoms with Crippen molar-refractivity contribution in [3.05, 3.63) is 51.2 Å². The highest BCUT2D eigenvalue weighted by Gasteiger charge is 2.28. The molecular weight excluding hydrogens is 322 g/mol. The van der Waals surface area contributed by atoms with Crippen LogP contribution in [0.2, 0.25) is 0 Å². The normalized spacial score (nSPS) is 14.3. The molecule has 25 heavy (non-hydrogen) atoms. The molecule has 0 unspecified atom stereocenters. The van der Waals surface area contributed by atoms with Gasteiger partial charge in [0.15, 0.2) is 11.5 Å². The van der Waals surface area contributed by atoms with Gasteiger partial charge in [-0.2, -0.15) is 0 Å². The maximum Gasteiger partial charge on any atom is 0.272 e. The number of aromatic amines is 1. The Bertz CT molecular complexity index is 1030. The number of carbonyl (C=O) groups excluding carboxylic acids is 1. The molecule has 0 fully saturated rings. The van der Waals surface area contributed by atoms with Gasteiger partial charge in [0.1, 0.15) is 17.0 Å². The Morgan fingerprint density at radius 1 is 1.36 bits per heavy atom. The van der Waals surface area contributed by atoms with Crippen molar-refractivity contribution in [1.82, 2.24) is 24.5 Å². The minimum absolute atomic E-state index is 0.170. The van der Waals surface area contributed by atoms with Crippen LogP contribution in [0.25, 0.3) is 5.65 Å². The van der Waals surface area contributed by atoms with E-state index in [1.54, 1.807) is 11.8 Å². The number of aryl methyl sites for hydroxylation is 1. The van der Waals surface area contributed by atoms with E-state index >= 15 is 0 Å². The van der Waals surface area contributed by atoms with Crippen molar-refractivity contribution < 1.29 is 9.21 Å². The Labute approximate surface area is 143 Å². The summed E-state index contributed by atoms with van der Waals surface area (Å²) >= 11 is 0. The molecule has 0 bridgehead atoms. The lowest BCUT2D eigenvalue weighted by Crippen LogP contribution is -2.36. The molecule has 0 saturated heterocycles. The van der Waals surface area contributed by atoms with Crippen molar-refractivity contribution in [2.45, 2.75) is 39.7 Å². The highest BCUT2D eigenvalue weighted by Crippen LogP contribution is 2.25. The average molecular weight is 341 g/mol. The third kappa shape index (κ3) is 2.54. The van der Waals surface area contributed by atoms with E-state index in [1.807, 2.05) is 13.8 Å². The van der Waals surface area contributed by atoms with E-state index in [4.69, 9.17) is 4.42 Å². The summed E-state index contributed by atoms with van der Waals surface area (Å²) in [6.45, 7) is 6.73. The Balaban J connectivity index is 1.67. The number of carbonyl (C=O) groups is 1. The van der Waals surface area contributed by atoms with Crippen molar-refractivity contribution >= 4 is 11.6 Å². The number of nitrogens with zero attached hydrogens (tertiary/aromatic N) is 4. The lowest BCUT2D eigenvalue weighted by atomic mass is 10.1. The fraction of sp³-hybridized carbons (Fsp3) is 0.412. The minimum Gasteiger partial charge on any atom is -0.445 e. The zero-order valence-corrected chi connectivity index (χ0v) is 14.4. The summed E-state index contributed by atoms with van der Waals surface area (Å²) in [6.07, 6.45) is 2.17. The van der Waals surface area contributed by atoms with Gasteiger partial charge >= 0.3 is 0 Å². The third-order valence-corrected chi connectivity index (χ3v) is 4.38. The molecule has 0 radical (unpaired) electrons. The van der Waals surface area contributed by atoms with Gasteiger partial charge in [0, 0.05) is 36.8 Å². The van der Waals surface area contributed by atoms with Gasteiger partial charge in [0.25, 0.3) is 11.5 Å². The summed E-state index contributed by atoms with van der Waals surface area (Å²) in [4.78, 5) is 35.5. The van der Waals surface area contributed by atoms with Crippen LogP contribution in [0.3, 0.4) is 0 Å². The maximum absolute atomic E-state index is 12.9. The lowest BCUT2D eigenvalue weighted by molar-refractivity contribution is 0.0729. The second kappa shape index (κ2) is 5.58. The van der Waals surface area contributed by atoms with Crippen LogP contribution >= 0.6 is 0 Å². The van der Waals surface area contributed by atoms with Crippen molar-refractivity contribution in [2.75, 3.05) is 6.54 Å². The summed E-state index contributed by atoms with van der Waals surface area (Å²) < 4.78 is 7.06. The molecule has 0 aliphatic carbocycles. The Morgan fingerprint density at radius 2 is 2.16 bits per heavy atom. The molecule has 0 spiro atoms. The highest BCUT2D eigenvalue weighted by molar-refractivity contribution is 5.99. The summed E-state index contributed by atoms with van der Waals surface area (Å²) in [5.74, 6) is 1.60. The van der Waals surface area contributed by atoms with Crippen LogP contribution < -0.4 is 5.56 Å². The minimum atomic E-state index is -0.236. The first-order chi connectivity index (χ1) is 11.9. The van der Waals surface area contributed by atoms with E-state index in [-0.39, 0.29) is 17.4 Å². The largest absolute Gasteiger partial charge is 0.445 e. The van der Waals surface area contributed by atoms with Crippen molar-refractivity contribution in [1.29, 1.82) is 0 Å². The van der Waals surface area contributed by atoms with Crippen LogP contribution in [0.1, 0.15) is 53.2 Å². The second-order valence-electron chi connectivity index (χ2n) is 6.64. The number of amides is 1. The molecule has 4 rings (SSSR count). The number of oxazole rings is 1. The third-order valence-electron chi connectivity index (χ3n) is 4.38. The molecule has 1 aliphatic rings. The van der Waals surface area contributed by atoms with E-state index < -0.39 is 0 Å². The molecule has 8 heteroatoms. The fourth-order valence-corrected chi connectivity index (χ4v) is 3.06. The quantitative estimate of drug-likeness (QED) is 0.764. The van der Waals surface area contributed by atoms with Crippen LogP contribution in [-0.4, -0.2) is 36.9 Å². The topological polar surface area (TPSA) is 96.5 Å². The number of nitrogens with one attached hydrogen (secondary N) is 1. The summed E-state index contributed by atoms with van der Waals surface area (Å²) in [7, 11) is 0. The first-order valence-electron chi connectivity index (χ1n) is 8.29. The SMILES string of the molecule is Cc1cc(=O)n2[nH]cc(C(=O)N3CCc4oc(C(C)C)nc4C3)c2n1. The molecular formula is C17H19N5O3. The number of rotatable bonds is 2. The van der Waals surface area contributed by atoms with Gasteiger partial charge in [-0.05, 0) is 6.92 Å². The summed E-state index contributed by atoms with van der Waals surface area (Å²) in [6, 6.07) is 1.42. The van der Waals surface area contributed by atoms with E-state index in [9.17, 15) is 9.59 Å². The monoisotopic (exact) mass is 341 g/mol. The number of hydrogen-bond acceptors (Lipinski definition) is 5. The molecule has 4 heterocycles. The van der Waals surface area contributed by atoms with Gasteiger partial charge in [-0.15, -0.1) is 0 Å².